The van der Waals surface area contributed by atoms with Gasteiger partial charge in [0.1, 0.15) is 0 Å². The summed E-state index contributed by atoms with van der Waals surface area (Å²) in [5.74, 6) is 1.48. The van der Waals surface area contributed by atoms with Crippen molar-refractivity contribution in [1.29, 1.82) is 0 Å². The van der Waals surface area contributed by atoms with Crippen LogP contribution in [0, 0.1) is 11.8 Å². The minimum Gasteiger partial charge on any atom is -0.356 e. The van der Waals surface area contributed by atoms with Gasteiger partial charge in [-0.25, -0.2) is 0 Å². The van der Waals surface area contributed by atoms with Gasteiger partial charge in [0.25, 0.3) is 0 Å². The van der Waals surface area contributed by atoms with Crippen molar-refractivity contribution in [3.05, 3.63) is 0 Å². The van der Waals surface area contributed by atoms with Crippen LogP contribution in [0.25, 0.3) is 0 Å². The normalized spacial score (nSPS) is 13.6. The predicted octanol–water partition coefficient (Wildman–Crippen LogP) is 7.27. The summed E-state index contributed by atoms with van der Waals surface area (Å²) in [5.41, 5.74) is 0. The molecule has 0 aromatic carbocycles. The second-order valence-electron chi connectivity index (χ2n) is 7.89. The molecule has 0 unspecified atom stereocenters. The Labute approximate surface area is 158 Å². The van der Waals surface area contributed by atoms with Crippen molar-refractivity contribution in [2.45, 2.75) is 124 Å². The summed E-state index contributed by atoms with van der Waals surface area (Å²) in [6.45, 7) is 9.93. The first kappa shape index (κ1) is 24.5. The fourth-order valence-electron chi connectivity index (χ4n) is 3.65. The molecule has 0 spiro atoms. The first-order valence-corrected chi connectivity index (χ1v) is 11.5. The highest BCUT2D eigenvalue weighted by Gasteiger charge is 2.17. The average molecular weight is 354 g/mol. The number of hydrogen-bond acceptors (Lipinski definition) is 1. The summed E-state index contributed by atoms with van der Waals surface area (Å²) in [4.78, 5) is 12.5. The molecule has 2 nitrogen and oxygen atoms in total. The maximum absolute atomic E-state index is 12.5. The zero-order valence-electron chi connectivity index (χ0n) is 17.9. The van der Waals surface area contributed by atoms with Gasteiger partial charge in [0.15, 0.2) is 0 Å². The van der Waals surface area contributed by atoms with E-state index in [4.69, 9.17) is 0 Å². The largest absolute Gasteiger partial charge is 0.356 e. The molecule has 0 saturated heterocycles. The Bertz CT molecular complexity index is 290. The minimum absolute atomic E-state index is 0.254. The number of carbonyl (C=O) groups excluding carboxylic acids is 1. The first-order valence-electron chi connectivity index (χ1n) is 11.5. The smallest absolute Gasteiger partial charge is 0.223 e. The highest BCUT2D eigenvalue weighted by atomic mass is 16.1. The third-order valence-corrected chi connectivity index (χ3v) is 5.56. The van der Waals surface area contributed by atoms with Crippen molar-refractivity contribution in [2.75, 3.05) is 6.54 Å². The molecule has 1 N–H and O–H groups in total. The molecule has 0 aliphatic heterocycles. The number of amides is 1. The molecule has 0 radical (unpaired) electrons. The van der Waals surface area contributed by atoms with Gasteiger partial charge in [-0.2, -0.15) is 0 Å². The van der Waals surface area contributed by atoms with Crippen LogP contribution in [0.5, 0.6) is 0 Å². The van der Waals surface area contributed by atoms with Crippen LogP contribution in [-0.2, 0) is 4.79 Å². The van der Waals surface area contributed by atoms with E-state index >= 15 is 0 Å². The van der Waals surface area contributed by atoms with Crippen LogP contribution in [0.4, 0.5) is 0 Å². The Morgan fingerprint density at radius 2 is 1.20 bits per heavy atom. The molecular formula is C23H47NO. The molecule has 0 bridgehead atoms. The van der Waals surface area contributed by atoms with Gasteiger partial charge in [-0.05, 0) is 25.2 Å². The highest BCUT2D eigenvalue weighted by molar-refractivity contribution is 5.78. The summed E-state index contributed by atoms with van der Waals surface area (Å²) < 4.78 is 0. The molecule has 0 aromatic rings. The van der Waals surface area contributed by atoms with E-state index in [0.29, 0.717) is 5.91 Å². The molecule has 0 heterocycles. The molecule has 150 valence electrons. The highest BCUT2D eigenvalue weighted by Crippen LogP contribution is 2.23. The van der Waals surface area contributed by atoms with Gasteiger partial charge in [0.05, 0.1) is 0 Å². The van der Waals surface area contributed by atoms with E-state index < -0.39 is 0 Å². The fraction of sp³-hybridized carbons (Fsp3) is 0.957. The number of nitrogens with one attached hydrogen (secondary N) is 1. The van der Waals surface area contributed by atoms with Crippen LogP contribution in [0.1, 0.15) is 124 Å². The Balaban J connectivity index is 4.13. The van der Waals surface area contributed by atoms with Crippen molar-refractivity contribution in [2.24, 2.45) is 11.8 Å². The lowest BCUT2D eigenvalue weighted by atomic mass is 9.90. The molecule has 0 aromatic heterocycles. The van der Waals surface area contributed by atoms with Crippen LogP contribution in [0.2, 0.25) is 0 Å². The lowest BCUT2D eigenvalue weighted by Gasteiger charge is -2.18. The SMILES string of the molecule is CCCCCNC(=O)[C@@H](CCCCC)CCCC[C@@H](CC)CCCC. The van der Waals surface area contributed by atoms with E-state index in [1.807, 2.05) is 0 Å². The first-order chi connectivity index (χ1) is 12.2. The van der Waals surface area contributed by atoms with Gasteiger partial charge < -0.3 is 5.32 Å². The zero-order valence-corrected chi connectivity index (χ0v) is 17.9. The third-order valence-electron chi connectivity index (χ3n) is 5.56. The van der Waals surface area contributed by atoms with Gasteiger partial charge >= 0.3 is 0 Å². The van der Waals surface area contributed by atoms with E-state index in [1.165, 1.54) is 77.0 Å². The molecule has 0 aliphatic rings. The van der Waals surface area contributed by atoms with E-state index in [9.17, 15) is 4.79 Å². The van der Waals surface area contributed by atoms with Crippen molar-refractivity contribution in [1.82, 2.24) is 5.32 Å². The Hall–Kier alpha value is -0.530. The predicted molar refractivity (Wildman–Crippen MR) is 112 cm³/mol. The van der Waals surface area contributed by atoms with E-state index in [0.717, 1.165) is 31.7 Å². The lowest BCUT2D eigenvalue weighted by molar-refractivity contribution is -0.125. The van der Waals surface area contributed by atoms with Crippen LogP contribution >= 0.6 is 0 Å². The lowest BCUT2D eigenvalue weighted by Crippen LogP contribution is -2.31. The number of carbonyl (C=O) groups is 1. The number of hydrogen-bond donors (Lipinski definition) is 1. The van der Waals surface area contributed by atoms with Gasteiger partial charge in [0, 0.05) is 12.5 Å². The summed E-state index contributed by atoms with van der Waals surface area (Å²) in [5, 5.41) is 3.19. The van der Waals surface area contributed by atoms with E-state index in [2.05, 4.69) is 33.0 Å². The maximum Gasteiger partial charge on any atom is 0.223 e. The molecular weight excluding hydrogens is 306 g/mol. The topological polar surface area (TPSA) is 29.1 Å². The quantitative estimate of drug-likeness (QED) is 0.258. The van der Waals surface area contributed by atoms with Crippen LogP contribution in [0.15, 0.2) is 0 Å². The molecule has 2 heteroatoms. The van der Waals surface area contributed by atoms with Gasteiger partial charge in [0.2, 0.25) is 5.91 Å². The number of unbranched alkanes of at least 4 members (excludes halogenated alkanes) is 6. The van der Waals surface area contributed by atoms with Crippen LogP contribution in [0.3, 0.4) is 0 Å². The molecule has 0 fully saturated rings. The Kier molecular flexibility index (Phi) is 17.9. The number of rotatable bonds is 18. The van der Waals surface area contributed by atoms with Crippen molar-refractivity contribution >= 4 is 5.91 Å². The molecule has 0 saturated carbocycles. The second-order valence-corrected chi connectivity index (χ2v) is 7.89. The Morgan fingerprint density at radius 3 is 1.80 bits per heavy atom. The summed E-state index contributed by atoms with van der Waals surface area (Å²) in [6, 6.07) is 0. The van der Waals surface area contributed by atoms with Crippen molar-refractivity contribution < 1.29 is 4.79 Å². The molecule has 2 atom stereocenters. The van der Waals surface area contributed by atoms with Crippen LogP contribution < -0.4 is 5.32 Å². The summed E-state index contributed by atoms with van der Waals surface area (Å²) >= 11 is 0. The second kappa shape index (κ2) is 18.3. The maximum atomic E-state index is 12.5. The monoisotopic (exact) mass is 353 g/mol. The molecule has 0 aliphatic carbocycles. The standard InChI is InChI=1S/C23H47NO/c1-5-9-12-18-22(23(25)24-20-15-10-6-2)19-14-13-17-21(8-4)16-11-7-3/h21-22H,5-20H2,1-4H3,(H,24,25)/t21-,22-/m0/s1. The molecule has 25 heavy (non-hydrogen) atoms. The van der Waals surface area contributed by atoms with Gasteiger partial charge in [-0.1, -0.05) is 105 Å². The average Bonchev–Trinajstić information content (AvgIpc) is 2.63. The zero-order chi connectivity index (χ0) is 18.8. The van der Waals surface area contributed by atoms with E-state index in [1.54, 1.807) is 0 Å². The van der Waals surface area contributed by atoms with Crippen molar-refractivity contribution in [3.8, 4) is 0 Å². The summed E-state index contributed by atoms with van der Waals surface area (Å²) in [6.07, 6.45) is 18.7. The van der Waals surface area contributed by atoms with Gasteiger partial charge in [-0.3, -0.25) is 4.79 Å². The Morgan fingerprint density at radius 1 is 0.680 bits per heavy atom. The van der Waals surface area contributed by atoms with Gasteiger partial charge in [-0.15, -0.1) is 0 Å². The minimum atomic E-state index is 0.254. The van der Waals surface area contributed by atoms with E-state index in [-0.39, 0.29) is 5.92 Å². The van der Waals surface area contributed by atoms with Crippen molar-refractivity contribution in [3.63, 3.8) is 0 Å². The summed E-state index contributed by atoms with van der Waals surface area (Å²) in [7, 11) is 0. The molecule has 1 amide bonds. The third kappa shape index (κ3) is 14.3. The molecule has 0 rings (SSSR count). The fourth-order valence-corrected chi connectivity index (χ4v) is 3.65. The van der Waals surface area contributed by atoms with Crippen LogP contribution in [-0.4, -0.2) is 12.5 Å².